The molecule has 47 heavy (non-hydrogen) atoms. The summed E-state index contributed by atoms with van der Waals surface area (Å²) in [7, 11) is 0. The fourth-order valence-electron chi connectivity index (χ4n) is 7.09. The largest absolute Gasteiger partial charge is 0.346 e. The number of ketones is 1. The van der Waals surface area contributed by atoms with Crippen molar-refractivity contribution < 1.29 is 24.0 Å². The second kappa shape index (κ2) is 15.0. The zero-order chi connectivity index (χ0) is 35.4. The lowest BCUT2D eigenvalue weighted by Gasteiger charge is -2.41. The molecule has 10 nitrogen and oxygen atoms in total. The van der Waals surface area contributed by atoms with Gasteiger partial charge in [-0.15, -0.1) is 18.9 Å². The van der Waals surface area contributed by atoms with Crippen LogP contribution in [0.2, 0.25) is 0 Å². The van der Waals surface area contributed by atoms with E-state index >= 15 is 0 Å². The molecule has 1 heterocycles. The minimum absolute atomic E-state index is 0.0479. The van der Waals surface area contributed by atoms with Gasteiger partial charge in [0.2, 0.25) is 17.6 Å². The standard InChI is InChI=1S/C36H57N5O5S/c1-11-13-17-24(27(42)30(44)37-20-12-2)38-29(43)26-25-23(35(25,9)10)21-41(26)31(45)28(33(3,4)5)39-32(46)40-36(18-15-14-16-19-36)22-47-34(6,7)8/h1,12,23-26,28H,2,13-22H2,3-10H3,(H,37,44)(H,38,43)(H2,39,40,46)/t23?,24?,25?,26-,28+/m0/s1. The highest BCUT2D eigenvalue weighted by atomic mass is 32.2. The van der Waals surface area contributed by atoms with E-state index in [4.69, 9.17) is 6.42 Å². The van der Waals surface area contributed by atoms with Crippen LogP contribution in [0.5, 0.6) is 0 Å². The summed E-state index contributed by atoms with van der Waals surface area (Å²) in [5, 5.41) is 11.5. The average Bonchev–Trinajstić information content (AvgIpc) is 3.29. The zero-order valence-electron chi connectivity index (χ0n) is 29.7. The van der Waals surface area contributed by atoms with Crippen molar-refractivity contribution in [2.45, 2.75) is 129 Å². The molecule has 4 N–H and O–H groups in total. The third-order valence-corrected chi connectivity index (χ3v) is 11.5. The Morgan fingerprint density at radius 1 is 1.04 bits per heavy atom. The van der Waals surface area contributed by atoms with Gasteiger partial charge in [0.1, 0.15) is 12.1 Å². The maximum atomic E-state index is 14.4. The molecule has 0 aromatic heterocycles. The minimum atomic E-state index is -1.14. The number of thioether (sulfide) groups is 1. The number of carbonyl (C=O) groups is 5. The summed E-state index contributed by atoms with van der Waals surface area (Å²) in [4.78, 5) is 69.2. The number of Topliss-reactive ketones (excluding diaryl/α,β-unsaturated/α-hetero) is 1. The lowest BCUT2D eigenvalue weighted by Crippen LogP contribution is -2.63. The molecule has 0 aromatic rings. The molecule has 0 bridgehead atoms. The number of terminal acetylenes is 1. The molecule has 3 rings (SSSR count). The lowest BCUT2D eigenvalue weighted by atomic mass is 9.83. The SMILES string of the molecule is C#CCCC(NC(=O)[C@@H]1C2C(CN1C(=O)[C@@H](NC(=O)NC1(CSC(C)(C)C)CCCCC1)C(C)(C)C)C2(C)C)C(=O)C(=O)NCC=C. The number of hydrogen-bond acceptors (Lipinski definition) is 6. The number of nitrogens with zero attached hydrogens (tertiary/aromatic N) is 1. The first kappa shape index (κ1) is 38.4. The Bertz CT molecular complexity index is 1250. The number of fused-ring (bicyclic) bond motifs is 1. The van der Waals surface area contributed by atoms with Crippen molar-refractivity contribution in [2.75, 3.05) is 18.8 Å². The van der Waals surface area contributed by atoms with E-state index in [0.717, 1.165) is 37.9 Å². The zero-order valence-corrected chi connectivity index (χ0v) is 30.5. The third-order valence-electron chi connectivity index (χ3n) is 9.96. The van der Waals surface area contributed by atoms with E-state index < -0.39 is 41.1 Å². The van der Waals surface area contributed by atoms with Gasteiger partial charge in [0.25, 0.3) is 5.91 Å². The van der Waals surface area contributed by atoms with Crippen LogP contribution in [0.4, 0.5) is 4.79 Å². The lowest BCUT2D eigenvalue weighted by molar-refractivity contribution is -0.145. The van der Waals surface area contributed by atoms with Crippen LogP contribution in [-0.4, -0.2) is 81.7 Å². The van der Waals surface area contributed by atoms with Gasteiger partial charge in [-0.25, -0.2) is 4.79 Å². The first-order valence-electron chi connectivity index (χ1n) is 17.0. The van der Waals surface area contributed by atoms with Crippen molar-refractivity contribution in [2.24, 2.45) is 22.7 Å². The second-order valence-electron chi connectivity index (χ2n) is 16.2. The molecule has 2 saturated carbocycles. The number of amides is 5. The molecule has 2 aliphatic carbocycles. The number of rotatable bonds is 13. The van der Waals surface area contributed by atoms with Gasteiger partial charge >= 0.3 is 6.03 Å². The number of likely N-dealkylation sites (tertiary alicyclic amines) is 1. The predicted octanol–water partition coefficient (Wildman–Crippen LogP) is 4.19. The van der Waals surface area contributed by atoms with E-state index in [1.165, 1.54) is 6.08 Å². The van der Waals surface area contributed by atoms with Gasteiger partial charge in [-0.3, -0.25) is 19.2 Å². The molecule has 1 aliphatic heterocycles. The van der Waals surface area contributed by atoms with Crippen molar-refractivity contribution >= 4 is 41.3 Å². The molecule has 3 fully saturated rings. The van der Waals surface area contributed by atoms with Gasteiger partial charge in [0, 0.05) is 30.0 Å². The van der Waals surface area contributed by atoms with E-state index in [1.807, 2.05) is 32.5 Å². The number of hydrogen-bond donors (Lipinski definition) is 4. The van der Waals surface area contributed by atoms with Crippen LogP contribution in [0.1, 0.15) is 100 Å². The summed E-state index contributed by atoms with van der Waals surface area (Å²) in [6.45, 7) is 20.3. The summed E-state index contributed by atoms with van der Waals surface area (Å²) >= 11 is 1.83. The van der Waals surface area contributed by atoms with Crippen molar-refractivity contribution in [3.05, 3.63) is 12.7 Å². The fraction of sp³-hybridized carbons (Fsp3) is 0.750. The Morgan fingerprint density at radius 2 is 1.68 bits per heavy atom. The monoisotopic (exact) mass is 671 g/mol. The molecule has 5 atom stereocenters. The molecular formula is C36H57N5O5S. The third kappa shape index (κ3) is 9.55. The van der Waals surface area contributed by atoms with E-state index in [9.17, 15) is 24.0 Å². The Labute approximate surface area is 286 Å². The van der Waals surface area contributed by atoms with Gasteiger partial charge in [-0.05, 0) is 41.9 Å². The molecule has 5 amide bonds. The van der Waals surface area contributed by atoms with Crippen LogP contribution in [0.25, 0.3) is 0 Å². The molecule has 3 aliphatic rings. The molecule has 1 saturated heterocycles. The molecule has 0 radical (unpaired) electrons. The van der Waals surface area contributed by atoms with Gasteiger partial charge in [-0.2, -0.15) is 11.8 Å². The molecule has 0 aromatic carbocycles. The van der Waals surface area contributed by atoms with Crippen LogP contribution in [0.15, 0.2) is 12.7 Å². The molecule has 0 spiro atoms. The highest BCUT2D eigenvalue weighted by Gasteiger charge is 2.70. The summed E-state index contributed by atoms with van der Waals surface area (Å²) in [6, 6.07) is -3.28. The van der Waals surface area contributed by atoms with Crippen molar-refractivity contribution in [3.63, 3.8) is 0 Å². The van der Waals surface area contributed by atoms with Crippen molar-refractivity contribution in [1.82, 2.24) is 26.2 Å². The van der Waals surface area contributed by atoms with E-state index in [2.05, 4.69) is 68.4 Å². The van der Waals surface area contributed by atoms with Crippen LogP contribution < -0.4 is 21.3 Å². The summed E-state index contributed by atoms with van der Waals surface area (Å²) in [6.07, 6.45) is 12.2. The quantitative estimate of drug-likeness (QED) is 0.132. The maximum absolute atomic E-state index is 14.4. The predicted molar refractivity (Wildman–Crippen MR) is 187 cm³/mol. The molecular weight excluding hydrogens is 614 g/mol. The van der Waals surface area contributed by atoms with Gasteiger partial charge in [-0.1, -0.05) is 80.7 Å². The normalized spacial score (nSPS) is 24.1. The molecule has 11 heteroatoms. The van der Waals surface area contributed by atoms with Crippen molar-refractivity contribution in [3.8, 4) is 12.3 Å². The van der Waals surface area contributed by atoms with Crippen LogP contribution in [0.3, 0.4) is 0 Å². The van der Waals surface area contributed by atoms with E-state index in [1.54, 1.807) is 4.90 Å². The highest BCUT2D eigenvalue weighted by molar-refractivity contribution is 8.00. The number of piperidine rings is 1. The molecule has 262 valence electrons. The Kier molecular flexibility index (Phi) is 12.3. The first-order valence-corrected chi connectivity index (χ1v) is 18.0. The number of urea groups is 1. The number of nitrogens with one attached hydrogen (secondary N) is 4. The first-order chi connectivity index (χ1) is 21.8. The Morgan fingerprint density at radius 3 is 2.23 bits per heavy atom. The Balaban J connectivity index is 1.83. The smallest absolute Gasteiger partial charge is 0.315 e. The van der Waals surface area contributed by atoms with E-state index in [-0.39, 0.29) is 58.9 Å². The van der Waals surface area contributed by atoms with Gasteiger partial charge < -0.3 is 26.2 Å². The summed E-state index contributed by atoms with van der Waals surface area (Å²) < 4.78 is 0.0479. The van der Waals surface area contributed by atoms with Gasteiger partial charge in [0.15, 0.2) is 0 Å². The highest BCUT2D eigenvalue weighted by Crippen LogP contribution is 2.65. The maximum Gasteiger partial charge on any atom is 0.315 e. The summed E-state index contributed by atoms with van der Waals surface area (Å²) in [5.74, 6) is 0.743. The van der Waals surface area contributed by atoms with Crippen LogP contribution >= 0.6 is 11.8 Å². The summed E-state index contributed by atoms with van der Waals surface area (Å²) in [5.41, 5.74) is -1.20. The second-order valence-corrected chi connectivity index (χ2v) is 18.0. The topological polar surface area (TPSA) is 137 Å². The molecule has 3 unspecified atom stereocenters. The fourth-order valence-corrected chi connectivity index (χ4v) is 8.16. The number of carbonyl (C=O) groups excluding carboxylic acids is 5. The van der Waals surface area contributed by atoms with Crippen molar-refractivity contribution in [1.29, 1.82) is 0 Å². The van der Waals surface area contributed by atoms with E-state index in [0.29, 0.717) is 6.54 Å². The van der Waals surface area contributed by atoms with Crippen LogP contribution in [-0.2, 0) is 19.2 Å². The van der Waals surface area contributed by atoms with Crippen LogP contribution in [0, 0.1) is 35.0 Å². The Hall–Kier alpha value is -3.00. The minimum Gasteiger partial charge on any atom is -0.346 e. The van der Waals surface area contributed by atoms with Gasteiger partial charge in [0.05, 0.1) is 11.6 Å². The average molecular weight is 672 g/mol.